The van der Waals surface area contributed by atoms with E-state index in [9.17, 15) is 0 Å². The minimum absolute atomic E-state index is 0.491. The molecule has 3 heteroatoms. The van der Waals surface area contributed by atoms with Crippen molar-refractivity contribution in [1.82, 2.24) is 4.57 Å². The Kier molecular flexibility index (Phi) is 7.51. The zero-order valence-electron chi connectivity index (χ0n) is 34.7. The van der Waals surface area contributed by atoms with Gasteiger partial charge in [-0.1, -0.05) is 164 Å². The molecular weight excluding hydrogens is 793 g/mol. The number of fused-ring (bicyclic) bond motifs is 15. The van der Waals surface area contributed by atoms with Crippen LogP contribution in [0.1, 0.15) is 22.3 Å². The van der Waals surface area contributed by atoms with Crippen LogP contribution < -0.4 is 4.90 Å². The van der Waals surface area contributed by atoms with Gasteiger partial charge in [0.1, 0.15) is 0 Å². The van der Waals surface area contributed by atoms with Crippen molar-refractivity contribution in [1.29, 1.82) is 0 Å². The van der Waals surface area contributed by atoms with E-state index in [1.165, 1.54) is 103 Å². The van der Waals surface area contributed by atoms with Gasteiger partial charge in [-0.05, 0) is 122 Å². The maximum Gasteiger partial charge on any atom is 0.0754 e. The molecule has 1 unspecified atom stereocenters. The molecule has 12 aromatic rings. The Labute approximate surface area is 375 Å². The summed E-state index contributed by atoms with van der Waals surface area (Å²) < 4.78 is 5.13. The molecule has 0 saturated heterocycles. The van der Waals surface area contributed by atoms with E-state index in [2.05, 4.69) is 240 Å². The Hall–Kier alpha value is -7.98. The highest BCUT2D eigenvalue weighted by atomic mass is 32.1. The highest BCUT2D eigenvalue weighted by Crippen LogP contribution is 2.61. The monoisotopic (exact) mass is 830 g/mol. The summed E-state index contributed by atoms with van der Waals surface area (Å²) in [4.78, 5) is 2.40. The van der Waals surface area contributed by atoms with Gasteiger partial charge < -0.3 is 9.47 Å². The molecule has 298 valence electrons. The number of aromatic nitrogens is 1. The van der Waals surface area contributed by atoms with Crippen LogP contribution in [0.4, 0.5) is 17.1 Å². The van der Waals surface area contributed by atoms with Crippen molar-refractivity contribution in [2.75, 3.05) is 4.90 Å². The summed E-state index contributed by atoms with van der Waals surface area (Å²) in [5.74, 6) is 0. The third-order valence-corrected chi connectivity index (χ3v) is 15.2. The average molecular weight is 831 g/mol. The van der Waals surface area contributed by atoms with Crippen molar-refractivity contribution in [3.8, 4) is 39.1 Å². The number of hydrogen-bond donors (Lipinski definition) is 0. The summed E-state index contributed by atoms with van der Waals surface area (Å²) in [6.45, 7) is 0. The molecule has 0 bridgehead atoms. The van der Waals surface area contributed by atoms with E-state index in [-0.39, 0.29) is 0 Å². The Morgan fingerprint density at radius 1 is 0.344 bits per heavy atom. The molecule has 0 N–H and O–H groups in total. The predicted molar refractivity (Wildman–Crippen MR) is 270 cm³/mol. The Morgan fingerprint density at radius 3 is 1.75 bits per heavy atom. The molecule has 14 rings (SSSR count). The number of hydrogen-bond acceptors (Lipinski definition) is 2. The van der Waals surface area contributed by atoms with Crippen molar-refractivity contribution >= 4 is 70.4 Å². The van der Waals surface area contributed by atoms with Gasteiger partial charge in [0.2, 0.25) is 0 Å². The second-order valence-electron chi connectivity index (χ2n) is 17.2. The van der Waals surface area contributed by atoms with Gasteiger partial charge in [-0.3, -0.25) is 0 Å². The van der Waals surface area contributed by atoms with Crippen LogP contribution in [0.5, 0.6) is 0 Å². The predicted octanol–water partition coefficient (Wildman–Crippen LogP) is 16.6. The first-order valence-corrected chi connectivity index (χ1v) is 22.9. The van der Waals surface area contributed by atoms with Crippen molar-refractivity contribution in [3.05, 3.63) is 253 Å². The van der Waals surface area contributed by atoms with Gasteiger partial charge in [-0.15, -0.1) is 11.3 Å². The van der Waals surface area contributed by atoms with Gasteiger partial charge in [-0.25, -0.2) is 0 Å². The lowest BCUT2D eigenvalue weighted by molar-refractivity contribution is 0.749. The second-order valence-corrected chi connectivity index (χ2v) is 18.3. The Morgan fingerprint density at radius 2 is 0.922 bits per heavy atom. The summed E-state index contributed by atoms with van der Waals surface area (Å²) in [6.07, 6.45) is 0. The van der Waals surface area contributed by atoms with Crippen LogP contribution in [0, 0.1) is 0 Å². The molecule has 0 saturated carbocycles. The number of benzene rings is 10. The zero-order valence-corrected chi connectivity index (χ0v) is 35.6. The molecule has 0 radical (unpaired) electrons. The lowest BCUT2D eigenvalue weighted by Gasteiger charge is -2.39. The number of nitrogens with zero attached hydrogens (tertiary/aromatic N) is 2. The van der Waals surface area contributed by atoms with E-state index in [1.807, 2.05) is 11.3 Å². The third kappa shape index (κ3) is 4.90. The molecule has 1 aliphatic carbocycles. The highest BCUT2D eigenvalue weighted by molar-refractivity contribution is 7.25. The van der Waals surface area contributed by atoms with Crippen LogP contribution in [-0.4, -0.2) is 4.57 Å². The fraction of sp³-hybridized carbons (Fsp3) is 0.0164. The van der Waals surface area contributed by atoms with E-state index in [1.54, 1.807) is 0 Å². The fourth-order valence-electron chi connectivity index (χ4n) is 11.3. The number of anilines is 3. The summed E-state index contributed by atoms with van der Waals surface area (Å²) in [6, 6.07) is 85.8. The quantitative estimate of drug-likeness (QED) is 0.168. The first kappa shape index (κ1) is 35.6. The van der Waals surface area contributed by atoms with Crippen molar-refractivity contribution in [2.24, 2.45) is 0 Å². The summed E-state index contributed by atoms with van der Waals surface area (Å²) in [5, 5.41) is 5.17. The third-order valence-electron chi connectivity index (χ3n) is 14.0. The van der Waals surface area contributed by atoms with Crippen LogP contribution >= 0.6 is 11.3 Å². The zero-order chi connectivity index (χ0) is 41.9. The van der Waals surface area contributed by atoms with E-state index in [0.29, 0.717) is 0 Å². The molecule has 2 nitrogen and oxygen atoms in total. The van der Waals surface area contributed by atoms with Gasteiger partial charge in [0.15, 0.2) is 0 Å². The molecule has 3 heterocycles. The Balaban J connectivity index is 0.933. The maximum atomic E-state index is 2.52. The van der Waals surface area contributed by atoms with Gasteiger partial charge in [0, 0.05) is 48.0 Å². The molecule has 1 spiro atoms. The maximum absolute atomic E-state index is 2.52. The lowest BCUT2D eigenvalue weighted by atomic mass is 9.65. The van der Waals surface area contributed by atoms with E-state index >= 15 is 0 Å². The highest BCUT2D eigenvalue weighted by Gasteiger charge is 2.50. The average Bonchev–Trinajstić information content (AvgIpc) is 4.01. The molecule has 64 heavy (non-hydrogen) atoms. The molecule has 1 atom stereocenters. The van der Waals surface area contributed by atoms with Crippen LogP contribution in [-0.2, 0) is 5.41 Å². The molecule has 1 aliphatic heterocycles. The fourth-order valence-corrected chi connectivity index (χ4v) is 12.4. The van der Waals surface area contributed by atoms with Crippen molar-refractivity contribution < 1.29 is 0 Å². The smallest absolute Gasteiger partial charge is 0.0754 e. The van der Waals surface area contributed by atoms with E-state index in [4.69, 9.17) is 0 Å². The standard InChI is InChI=1S/C61H38N2S/c1-2-13-39(14-3-1)40-25-30-43(31-26-40)62(45-34-36-59-51(38-45)49-17-6-11-24-58(49)64-59)44-32-27-41(28-33-44)42-29-35-47-46-15-4-7-19-52(46)61(55(47)37-42)53-20-8-10-23-57(53)63-56-22-9-5-16-48(56)50-18-12-21-54(61)60(50)63/h1-38H. The van der Waals surface area contributed by atoms with Crippen LogP contribution in [0.2, 0.25) is 0 Å². The van der Waals surface area contributed by atoms with Gasteiger partial charge in [-0.2, -0.15) is 0 Å². The summed E-state index contributed by atoms with van der Waals surface area (Å²) >= 11 is 1.86. The van der Waals surface area contributed by atoms with E-state index in [0.717, 1.165) is 17.1 Å². The van der Waals surface area contributed by atoms with Crippen molar-refractivity contribution in [2.45, 2.75) is 5.41 Å². The van der Waals surface area contributed by atoms with Gasteiger partial charge in [0.25, 0.3) is 0 Å². The minimum Gasteiger partial charge on any atom is -0.310 e. The number of para-hydroxylation sites is 3. The molecule has 0 fully saturated rings. The molecule has 0 amide bonds. The topological polar surface area (TPSA) is 8.17 Å². The molecular formula is C61H38N2S. The largest absolute Gasteiger partial charge is 0.310 e. The molecule has 10 aromatic carbocycles. The first-order chi connectivity index (χ1) is 31.7. The SMILES string of the molecule is c1ccc(-c2ccc(N(c3ccc(-c4ccc5c(c4)C4(c6ccccc6-5)c5ccccc5-n5c6ccccc6c6cccc4c65)cc3)c3ccc4sc5ccccc5c4c3)cc2)cc1. The number of rotatable bonds is 5. The summed E-state index contributed by atoms with van der Waals surface area (Å²) in [7, 11) is 0. The van der Waals surface area contributed by atoms with Gasteiger partial charge in [0.05, 0.1) is 22.1 Å². The Bertz CT molecular complexity index is 3840. The number of thiophene rings is 1. The van der Waals surface area contributed by atoms with Crippen molar-refractivity contribution in [3.63, 3.8) is 0 Å². The van der Waals surface area contributed by atoms with Crippen LogP contribution in [0.15, 0.2) is 231 Å². The molecule has 2 aliphatic rings. The second kappa shape index (κ2) is 13.5. The summed E-state index contributed by atoms with van der Waals surface area (Å²) in [5.41, 5.74) is 19.4. The van der Waals surface area contributed by atoms with Crippen LogP contribution in [0.25, 0.3) is 81.0 Å². The minimum atomic E-state index is -0.491. The lowest BCUT2D eigenvalue weighted by Crippen LogP contribution is -2.33. The first-order valence-electron chi connectivity index (χ1n) is 22.1. The molecule has 2 aromatic heterocycles. The van der Waals surface area contributed by atoms with E-state index < -0.39 is 5.41 Å². The van der Waals surface area contributed by atoms with Gasteiger partial charge >= 0.3 is 0 Å². The normalized spacial score (nSPS) is 14.6. The van der Waals surface area contributed by atoms with Crippen LogP contribution in [0.3, 0.4) is 0 Å².